The Morgan fingerprint density at radius 1 is 1.00 bits per heavy atom. The van der Waals surface area contributed by atoms with Gasteiger partial charge >= 0.3 is 18.0 Å². The highest BCUT2D eigenvalue weighted by Crippen LogP contribution is 2.37. The van der Waals surface area contributed by atoms with Gasteiger partial charge in [0.05, 0.1) is 16.9 Å². The first kappa shape index (κ1) is 27.9. The summed E-state index contributed by atoms with van der Waals surface area (Å²) in [6.45, 7) is 5.23. The largest absolute Gasteiger partial charge is 0.478 e. The molecule has 0 aromatic heterocycles. The second-order valence-electron chi connectivity index (χ2n) is 11.0. The van der Waals surface area contributed by atoms with Crippen LogP contribution in [-0.2, 0) is 14.3 Å². The van der Waals surface area contributed by atoms with Gasteiger partial charge in [0.2, 0.25) is 0 Å². The van der Waals surface area contributed by atoms with E-state index in [1.165, 1.54) is 23.1 Å². The molecule has 1 saturated carbocycles. The van der Waals surface area contributed by atoms with Gasteiger partial charge in [-0.2, -0.15) is 0 Å². The van der Waals surface area contributed by atoms with Crippen LogP contribution in [0, 0.1) is 0 Å². The number of nitrogens with zero attached hydrogens (tertiary/aromatic N) is 2. The molecule has 2 aromatic rings. The molecule has 0 saturated heterocycles. The van der Waals surface area contributed by atoms with E-state index >= 15 is 0 Å². The number of anilines is 3. The lowest BCUT2D eigenvalue weighted by Crippen LogP contribution is -2.55. The number of urea groups is 1. The van der Waals surface area contributed by atoms with Crippen molar-refractivity contribution in [1.29, 1.82) is 0 Å². The highest BCUT2D eigenvalue weighted by Gasteiger charge is 2.38. The zero-order valence-electron chi connectivity index (χ0n) is 22.6. The highest BCUT2D eigenvalue weighted by molar-refractivity contribution is 6.06. The molecular formula is C29H36N4O6. The predicted molar refractivity (Wildman–Crippen MR) is 148 cm³/mol. The Balaban J connectivity index is 1.64. The molecule has 3 amide bonds. The van der Waals surface area contributed by atoms with E-state index in [4.69, 9.17) is 4.74 Å². The Bertz CT molecular complexity index is 1230. The number of ether oxygens (including phenoxy) is 1. The van der Waals surface area contributed by atoms with Gasteiger partial charge in [-0.05, 0) is 63.9 Å². The molecule has 2 aliphatic rings. The van der Waals surface area contributed by atoms with Crippen molar-refractivity contribution in [2.24, 2.45) is 0 Å². The number of amides is 3. The molecule has 1 atom stereocenters. The van der Waals surface area contributed by atoms with Crippen molar-refractivity contribution >= 4 is 40.9 Å². The average Bonchev–Trinajstić information content (AvgIpc) is 2.99. The van der Waals surface area contributed by atoms with Gasteiger partial charge < -0.3 is 25.4 Å². The zero-order valence-corrected chi connectivity index (χ0v) is 22.6. The summed E-state index contributed by atoms with van der Waals surface area (Å²) >= 11 is 0. The van der Waals surface area contributed by atoms with Gasteiger partial charge in [0.15, 0.2) is 0 Å². The number of carbonyl (C=O) groups is 4. The molecule has 208 valence electrons. The third kappa shape index (κ3) is 7.07. The summed E-state index contributed by atoms with van der Waals surface area (Å²) in [6, 6.07) is 11.9. The van der Waals surface area contributed by atoms with Gasteiger partial charge in [0.1, 0.15) is 18.2 Å². The number of hydrogen-bond donors (Lipinski definition) is 3. The zero-order chi connectivity index (χ0) is 28.2. The summed E-state index contributed by atoms with van der Waals surface area (Å²) in [6.07, 6.45) is 5.26. The number of nitrogens with one attached hydrogen (secondary N) is 2. The first-order valence-corrected chi connectivity index (χ1v) is 13.3. The van der Waals surface area contributed by atoms with Crippen LogP contribution in [0.3, 0.4) is 0 Å². The SMILES string of the molecule is CC(C)(C)OC(=O)CN1C(=O)C(NC(=O)Nc2cccc(C(=O)O)c2)CN(C2CCCCC2)c2ccccc21. The number of carboxylic acid groups (broad SMARTS) is 1. The van der Waals surface area contributed by atoms with Crippen LogP contribution in [0.5, 0.6) is 0 Å². The van der Waals surface area contributed by atoms with Crippen LogP contribution in [0.2, 0.25) is 0 Å². The van der Waals surface area contributed by atoms with Crippen LogP contribution in [0.1, 0.15) is 63.2 Å². The lowest BCUT2D eigenvalue weighted by atomic mass is 9.93. The molecule has 0 spiro atoms. The van der Waals surface area contributed by atoms with E-state index < -0.39 is 35.5 Å². The number of benzene rings is 2. The van der Waals surface area contributed by atoms with Gasteiger partial charge in [-0.15, -0.1) is 0 Å². The number of carbonyl (C=O) groups excluding carboxylic acids is 3. The fourth-order valence-corrected chi connectivity index (χ4v) is 5.18. The minimum absolute atomic E-state index is 0.0285. The van der Waals surface area contributed by atoms with E-state index in [1.54, 1.807) is 26.8 Å². The van der Waals surface area contributed by atoms with Crippen molar-refractivity contribution < 1.29 is 29.0 Å². The molecule has 10 heteroatoms. The number of rotatable bonds is 6. The van der Waals surface area contributed by atoms with Crippen LogP contribution in [-0.4, -0.2) is 59.8 Å². The Morgan fingerprint density at radius 3 is 2.36 bits per heavy atom. The second kappa shape index (κ2) is 11.8. The van der Waals surface area contributed by atoms with Gasteiger partial charge in [0.25, 0.3) is 5.91 Å². The normalized spacial score (nSPS) is 18.1. The molecule has 0 bridgehead atoms. The molecule has 10 nitrogen and oxygen atoms in total. The number of hydrogen-bond acceptors (Lipinski definition) is 6. The number of esters is 1. The van der Waals surface area contributed by atoms with Gasteiger partial charge in [-0.1, -0.05) is 37.5 Å². The third-order valence-electron chi connectivity index (χ3n) is 6.82. The van der Waals surface area contributed by atoms with Crippen molar-refractivity contribution in [2.75, 3.05) is 28.2 Å². The van der Waals surface area contributed by atoms with Crippen LogP contribution in [0.25, 0.3) is 0 Å². The van der Waals surface area contributed by atoms with E-state index in [0.717, 1.165) is 37.8 Å². The maximum Gasteiger partial charge on any atom is 0.335 e. The number of aromatic carboxylic acids is 1. The third-order valence-corrected chi connectivity index (χ3v) is 6.82. The van der Waals surface area contributed by atoms with E-state index in [1.807, 2.05) is 24.3 Å². The van der Waals surface area contributed by atoms with Crippen molar-refractivity contribution in [3.8, 4) is 0 Å². The average molecular weight is 537 g/mol. The molecule has 1 fully saturated rings. The van der Waals surface area contributed by atoms with Crippen molar-refractivity contribution in [1.82, 2.24) is 5.32 Å². The molecule has 1 unspecified atom stereocenters. The Labute approximate surface area is 228 Å². The van der Waals surface area contributed by atoms with Crippen molar-refractivity contribution in [3.63, 3.8) is 0 Å². The van der Waals surface area contributed by atoms with Crippen LogP contribution < -0.4 is 20.4 Å². The standard InChI is InChI=1S/C29H36N4O6/c1-29(2,3)39-25(34)18-33-24-15-8-7-14-23(24)32(21-12-5-4-6-13-21)17-22(26(33)35)31-28(38)30-20-11-9-10-19(16-20)27(36)37/h7-11,14-16,21-22H,4-6,12-13,17-18H2,1-3H3,(H,36,37)(H2,30,31,38). The van der Waals surface area contributed by atoms with Gasteiger partial charge in [0, 0.05) is 18.3 Å². The lowest BCUT2D eigenvalue weighted by Gasteiger charge is -2.37. The van der Waals surface area contributed by atoms with Gasteiger partial charge in [-0.25, -0.2) is 9.59 Å². The van der Waals surface area contributed by atoms with E-state index in [2.05, 4.69) is 15.5 Å². The summed E-state index contributed by atoms with van der Waals surface area (Å²) in [7, 11) is 0. The van der Waals surface area contributed by atoms with E-state index in [-0.39, 0.29) is 30.4 Å². The maximum absolute atomic E-state index is 13.9. The fraction of sp³-hybridized carbons (Fsp3) is 0.448. The molecule has 0 radical (unpaired) electrons. The fourth-order valence-electron chi connectivity index (χ4n) is 5.18. The number of para-hydroxylation sites is 2. The summed E-state index contributed by atoms with van der Waals surface area (Å²) in [4.78, 5) is 54.7. The van der Waals surface area contributed by atoms with Gasteiger partial charge in [-0.3, -0.25) is 14.5 Å². The number of fused-ring (bicyclic) bond motifs is 1. The number of carboxylic acids is 1. The minimum Gasteiger partial charge on any atom is -0.478 e. The minimum atomic E-state index is -1.11. The molecule has 39 heavy (non-hydrogen) atoms. The maximum atomic E-state index is 13.9. The van der Waals surface area contributed by atoms with Crippen molar-refractivity contribution in [2.45, 2.75) is 70.6 Å². The summed E-state index contributed by atoms with van der Waals surface area (Å²) < 4.78 is 5.52. The quantitative estimate of drug-likeness (QED) is 0.467. The molecule has 1 aliphatic carbocycles. The highest BCUT2D eigenvalue weighted by atomic mass is 16.6. The molecular weight excluding hydrogens is 500 g/mol. The molecule has 4 rings (SSSR count). The Hall–Kier alpha value is -4.08. The van der Waals surface area contributed by atoms with Crippen LogP contribution in [0.4, 0.5) is 21.9 Å². The monoisotopic (exact) mass is 536 g/mol. The summed E-state index contributed by atoms with van der Waals surface area (Å²) in [5, 5.41) is 14.7. The van der Waals surface area contributed by atoms with Crippen LogP contribution >= 0.6 is 0 Å². The topological polar surface area (TPSA) is 128 Å². The second-order valence-corrected chi connectivity index (χ2v) is 11.0. The Morgan fingerprint density at radius 2 is 1.69 bits per heavy atom. The molecule has 1 heterocycles. The summed E-state index contributed by atoms with van der Waals surface area (Å²) in [5.74, 6) is -2.09. The van der Waals surface area contributed by atoms with E-state index in [0.29, 0.717) is 5.69 Å². The van der Waals surface area contributed by atoms with Crippen molar-refractivity contribution in [3.05, 3.63) is 54.1 Å². The van der Waals surface area contributed by atoms with E-state index in [9.17, 15) is 24.3 Å². The lowest BCUT2D eigenvalue weighted by molar-refractivity contribution is -0.153. The molecule has 1 aliphatic heterocycles. The predicted octanol–water partition coefficient (Wildman–Crippen LogP) is 4.40. The molecule has 2 aromatic carbocycles. The van der Waals surface area contributed by atoms with Crippen LogP contribution in [0.15, 0.2) is 48.5 Å². The first-order chi connectivity index (χ1) is 18.5. The molecule has 3 N–H and O–H groups in total. The smallest absolute Gasteiger partial charge is 0.335 e. The first-order valence-electron chi connectivity index (χ1n) is 13.3. The summed E-state index contributed by atoms with van der Waals surface area (Å²) in [5.41, 5.74) is 1.02. The Kier molecular flexibility index (Phi) is 8.42.